The Morgan fingerprint density at radius 3 is 2.35 bits per heavy atom. The molecule has 0 bridgehead atoms. The molecular weight excluding hydrogens is 634 g/mol. The molecule has 1 aromatic carbocycles. The normalized spacial score (nSPS) is 18.8. The average Bonchev–Trinajstić information content (AvgIpc) is 3.74. The van der Waals surface area contributed by atoms with Gasteiger partial charge in [-0.15, -0.1) is 5.06 Å². The molecule has 49 heavy (non-hydrogen) atoms. The lowest BCUT2D eigenvalue weighted by Gasteiger charge is -2.35. The third kappa shape index (κ3) is 9.28. The highest BCUT2D eigenvalue weighted by Crippen LogP contribution is 2.24. The fraction of sp³-hybridized carbons (Fsp3) is 0.588. The van der Waals surface area contributed by atoms with E-state index in [0.29, 0.717) is 51.3 Å². The molecule has 0 unspecified atom stereocenters. The summed E-state index contributed by atoms with van der Waals surface area (Å²) in [7, 11) is 0. The van der Waals surface area contributed by atoms with Crippen molar-refractivity contribution in [2.24, 2.45) is 5.92 Å². The second-order valence-corrected chi connectivity index (χ2v) is 13.0. The summed E-state index contributed by atoms with van der Waals surface area (Å²) in [5.74, 6) is -0.997. The minimum atomic E-state index is -0.823. The summed E-state index contributed by atoms with van der Waals surface area (Å²) in [5, 5.41) is 11.9. The number of ether oxygens (including phenoxy) is 2. The number of nitrogens with one attached hydrogen (secondary N) is 2. The number of nitrogens with zero attached hydrogens (tertiary/aromatic N) is 5. The number of likely N-dealkylation sites (tertiary alicyclic amines) is 1. The van der Waals surface area contributed by atoms with E-state index in [1.807, 2.05) is 32.0 Å². The van der Waals surface area contributed by atoms with Gasteiger partial charge in [-0.25, -0.2) is 9.48 Å². The number of para-hydroxylation sites is 1. The van der Waals surface area contributed by atoms with Crippen LogP contribution >= 0.6 is 0 Å². The molecule has 1 saturated carbocycles. The third-order valence-corrected chi connectivity index (χ3v) is 8.91. The molecule has 1 aromatic heterocycles. The Morgan fingerprint density at radius 1 is 0.959 bits per heavy atom. The smallest absolute Gasteiger partial charge is 0.467 e. The van der Waals surface area contributed by atoms with Gasteiger partial charge in [0, 0.05) is 31.7 Å². The van der Waals surface area contributed by atoms with Crippen molar-refractivity contribution in [3.05, 3.63) is 42.1 Å². The molecule has 2 aromatic rings. The van der Waals surface area contributed by atoms with E-state index in [1.54, 1.807) is 28.9 Å². The van der Waals surface area contributed by atoms with Gasteiger partial charge in [-0.1, -0.05) is 32.0 Å². The number of rotatable bonds is 13. The van der Waals surface area contributed by atoms with Crippen molar-refractivity contribution >= 4 is 29.8 Å². The molecule has 2 atom stereocenters. The number of hydrogen-bond acceptors (Lipinski definition) is 10. The zero-order valence-corrected chi connectivity index (χ0v) is 28.5. The largest absolute Gasteiger partial charge is 0.527 e. The lowest BCUT2D eigenvalue weighted by molar-refractivity contribution is -0.157. The Balaban J connectivity index is 1.25. The number of hydroxylamine groups is 2. The topological polar surface area (TPSA) is 165 Å². The maximum absolute atomic E-state index is 13.6. The van der Waals surface area contributed by atoms with Crippen LogP contribution in [0.15, 0.2) is 36.4 Å². The predicted molar refractivity (Wildman–Crippen MR) is 177 cm³/mol. The van der Waals surface area contributed by atoms with Crippen LogP contribution < -0.4 is 15.4 Å². The summed E-state index contributed by atoms with van der Waals surface area (Å²) in [6.07, 6.45) is 3.97. The van der Waals surface area contributed by atoms with Gasteiger partial charge in [-0.2, -0.15) is 5.10 Å². The third-order valence-electron chi connectivity index (χ3n) is 8.91. The van der Waals surface area contributed by atoms with Crippen LogP contribution in [-0.2, 0) is 24.0 Å². The van der Waals surface area contributed by atoms with E-state index in [1.165, 1.54) is 15.8 Å². The van der Waals surface area contributed by atoms with Crippen molar-refractivity contribution < 1.29 is 38.3 Å². The van der Waals surface area contributed by atoms with Gasteiger partial charge < -0.3 is 34.7 Å². The summed E-state index contributed by atoms with van der Waals surface area (Å²) >= 11 is 0. The number of amides is 4. The van der Waals surface area contributed by atoms with E-state index in [2.05, 4.69) is 15.7 Å². The number of carbonyl (C=O) groups is 5. The number of piperazine rings is 1. The van der Waals surface area contributed by atoms with Crippen molar-refractivity contribution in [2.75, 3.05) is 45.9 Å². The highest BCUT2D eigenvalue weighted by molar-refractivity contribution is 5.96. The Hall–Kier alpha value is -4.66. The Kier molecular flexibility index (Phi) is 12.1. The van der Waals surface area contributed by atoms with Crippen LogP contribution in [0.5, 0.6) is 5.88 Å². The summed E-state index contributed by atoms with van der Waals surface area (Å²) in [4.78, 5) is 73.5. The van der Waals surface area contributed by atoms with Gasteiger partial charge in [0.1, 0.15) is 12.1 Å². The molecule has 4 amide bonds. The molecule has 15 heteroatoms. The average molecular weight is 682 g/mol. The second kappa shape index (κ2) is 16.6. The number of carbonyl (C=O) groups excluding carboxylic acids is 5. The highest BCUT2D eigenvalue weighted by Gasteiger charge is 2.36. The van der Waals surface area contributed by atoms with E-state index in [-0.39, 0.29) is 54.5 Å². The summed E-state index contributed by atoms with van der Waals surface area (Å²) in [6.45, 7) is 7.15. The van der Waals surface area contributed by atoms with Gasteiger partial charge in [-0.3, -0.25) is 19.2 Å². The van der Waals surface area contributed by atoms with E-state index in [9.17, 15) is 24.0 Å². The first-order chi connectivity index (χ1) is 23.6. The molecule has 3 aliphatic rings. The van der Waals surface area contributed by atoms with Crippen molar-refractivity contribution in [3.63, 3.8) is 0 Å². The fourth-order valence-electron chi connectivity index (χ4n) is 6.13. The standard InChI is InChI=1S/C34H47N7O8/c1-4-47-34(46)49-39-18-16-38(17-19-39)33(45)27(20-23(2)3)36-31(43)26-21-30(41(37-26)25-12-6-5-7-13-25)48-22-29(42)40-15-9-14-28(40)32(44)35-24-10-8-11-24/h5-7,12-13,21,23-24,27-28H,4,8-11,14-20,22H2,1-3H3,(H,35,44)(H,36,43)/t27-,28-/m0/s1. The first-order valence-electron chi connectivity index (χ1n) is 17.2. The first-order valence-corrected chi connectivity index (χ1v) is 17.2. The molecule has 15 nitrogen and oxygen atoms in total. The molecule has 5 rings (SSSR count). The van der Waals surface area contributed by atoms with Gasteiger partial charge in [0.05, 0.1) is 25.4 Å². The van der Waals surface area contributed by atoms with Crippen LogP contribution in [0, 0.1) is 5.92 Å². The molecule has 2 N–H and O–H groups in total. The van der Waals surface area contributed by atoms with Gasteiger partial charge in [0.25, 0.3) is 11.8 Å². The SMILES string of the molecule is CCOC(=O)ON1CCN(C(=O)[C@H](CC(C)C)NC(=O)c2cc(OCC(=O)N3CCC[C@H]3C(=O)NC3CCC3)n(-c3ccccc3)n2)CC1. The summed E-state index contributed by atoms with van der Waals surface area (Å²) in [5.41, 5.74) is 0.625. The van der Waals surface area contributed by atoms with Gasteiger partial charge in [0.15, 0.2) is 12.3 Å². The summed E-state index contributed by atoms with van der Waals surface area (Å²) < 4.78 is 12.2. The quantitative estimate of drug-likeness (QED) is 0.300. The lowest BCUT2D eigenvalue weighted by Crippen LogP contribution is -2.55. The molecule has 0 spiro atoms. The molecule has 266 valence electrons. The van der Waals surface area contributed by atoms with Crippen molar-refractivity contribution in [1.82, 2.24) is 35.3 Å². The van der Waals surface area contributed by atoms with Crippen LogP contribution in [0.2, 0.25) is 0 Å². The molecule has 2 saturated heterocycles. The molecule has 0 radical (unpaired) electrons. The Bertz CT molecular complexity index is 1470. The minimum Gasteiger partial charge on any atom is -0.467 e. The molecule has 3 fully saturated rings. The summed E-state index contributed by atoms with van der Waals surface area (Å²) in [6, 6.07) is 9.34. The zero-order chi connectivity index (χ0) is 34.9. The van der Waals surface area contributed by atoms with Crippen LogP contribution in [0.4, 0.5) is 4.79 Å². The van der Waals surface area contributed by atoms with E-state index >= 15 is 0 Å². The number of hydrogen-bond donors (Lipinski definition) is 2. The maximum atomic E-state index is 13.6. The lowest BCUT2D eigenvalue weighted by atomic mass is 9.93. The maximum Gasteiger partial charge on any atom is 0.527 e. The van der Waals surface area contributed by atoms with Gasteiger partial charge in [-0.05, 0) is 63.5 Å². The first kappa shape index (κ1) is 35.6. The predicted octanol–water partition coefficient (Wildman–Crippen LogP) is 2.29. The minimum absolute atomic E-state index is 0.0134. The van der Waals surface area contributed by atoms with E-state index in [4.69, 9.17) is 14.3 Å². The van der Waals surface area contributed by atoms with Gasteiger partial charge >= 0.3 is 6.16 Å². The van der Waals surface area contributed by atoms with E-state index in [0.717, 1.165) is 25.7 Å². The van der Waals surface area contributed by atoms with Crippen LogP contribution in [0.1, 0.15) is 69.8 Å². The van der Waals surface area contributed by atoms with E-state index < -0.39 is 24.1 Å². The zero-order valence-electron chi connectivity index (χ0n) is 28.5. The van der Waals surface area contributed by atoms with Crippen molar-refractivity contribution in [2.45, 2.75) is 77.4 Å². The molecule has 1 aliphatic carbocycles. The van der Waals surface area contributed by atoms with Crippen molar-refractivity contribution in [1.29, 1.82) is 0 Å². The monoisotopic (exact) mass is 681 g/mol. The fourth-order valence-corrected chi connectivity index (χ4v) is 6.13. The van der Waals surface area contributed by atoms with Crippen LogP contribution in [0.3, 0.4) is 0 Å². The highest BCUT2D eigenvalue weighted by atomic mass is 16.8. The molecule has 3 heterocycles. The number of benzene rings is 1. The van der Waals surface area contributed by atoms with Crippen LogP contribution in [0.25, 0.3) is 5.69 Å². The number of aromatic nitrogens is 2. The second-order valence-electron chi connectivity index (χ2n) is 13.0. The Morgan fingerprint density at radius 2 is 1.69 bits per heavy atom. The van der Waals surface area contributed by atoms with Crippen LogP contribution in [-0.4, -0.2) is 118 Å². The Labute approximate surface area is 286 Å². The molecule has 2 aliphatic heterocycles. The van der Waals surface area contributed by atoms with Gasteiger partial charge in [0.2, 0.25) is 17.7 Å². The van der Waals surface area contributed by atoms with Crippen molar-refractivity contribution in [3.8, 4) is 11.6 Å². The molecular formula is C34H47N7O8.